The van der Waals surface area contributed by atoms with Gasteiger partial charge in [-0.2, -0.15) is 0 Å². The van der Waals surface area contributed by atoms with Crippen LogP contribution in [0.15, 0.2) is 0 Å². The fourth-order valence-electron chi connectivity index (χ4n) is 1.14. The number of likely N-dealkylation sites (N-methyl/N-ethyl adjacent to an activating group) is 1. The highest BCUT2D eigenvalue weighted by Crippen LogP contribution is 2.03. The van der Waals surface area contributed by atoms with Gasteiger partial charge >= 0.3 is 6.03 Å². The van der Waals surface area contributed by atoms with Crippen LogP contribution >= 0.6 is 12.2 Å². The maximum Gasteiger partial charge on any atom is 0.321 e. The van der Waals surface area contributed by atoms with Crippen LogP contribution in [-0.4, -0.2) is 47.5 Å². The average Bonchev–Trinajstić information content (AvgIpc) is 2.25. The molecule has 0 aliphatic rings. The number of nitrogens with zero attached hydrogens (tertiary/aromatic N) is 1. The lowest BCUT2D eigenvalue weighted by molar-refractivity contribution is -0.124. The van der Waals surface area contributed by atoms with Gasteiger partial charge in [-0.25, -0.2) is 4.79 Å². The molecule has 4 N–H and O–H groups in total. The molecule has 17 heavy (non-hydrogen) atoms. The van der Waals surface area contributed by atoms with E-state index in [0.717, 1.165) is 0 Å². The van der Waals surface area contributed by atoms with E-state index in [4.69, 9.17) is 18.0 Å². The second kappa shape index (κ2) is 7.18. The Morgan fingerprint density at radius 2 is 1.88 bits per heavy atom. The fourth-order valence-corrected chi connectivity index (χ4v) is 1.31. The molecule has 0 heterocycles. The fraction of sp³-hybridized carbons (Fsp3) is 0.700. The van der Waals surface area contributed by atoms with Gasteiger partial charge in [0.25, 0.3) is 0 Å². The van der Waals surface area contributed by atoms with E-state index in [-0.39, 0.29) is 11.9 Å². The summed E-state index contributed by atoms with van der Waals surface area (Å²) in [6.07, 6.45) is 0. The van der Waals surface area contributed by atoms with Gasteiger partial charge in [0.05, 0.1) is 17.1 Å². The Morgan fingerprint density at radius 1 is 1.35 bits per heavy atom. The molecule has 0 spiro atoms. The molecular formula is C10H20N4O2S. The number of amides is 3. The van der Waals surface area contributed by atoms with E-state index >= 15 is 0 Å². The van der Waals surface area contributed by atoms with Crippen molar-refractivity contribution in [2.75, 3.05) is 13.6 Å². The standard InChI is InChI=1S/C10H20N4O2S/c1-5-12-10(16)13-9(15)7(3)14(4)6(2)8(11)17/h6-7H,5H2,1-4H3,(H2,11,17)(H2,12,13,15,16). The van der Waals surface area contributed by atoms with Crippen molar-refractivity contribution in [3.8, 4) is 0 Å². The number of hydrogen-bond donors (Lipinski definition) is 3. The zero-order valence-electron chi connectivity index (χ0n) is 10.6. The Morgan fingerprint density at radius 3 is 2.29 bits per heavy atom. The van der Waals surface area contributed by atoms with Crippen molar-refractivity contribution in [3.05, 3.63) is 0 Å². The second-order valence-corrected chi connectivity index (χ2v) is 4.24. The van der Waals surface area contributed by atoms with Crippen LogP contribution < -0.4 is 16.4 Å². The first-order valence-corrected chi connectivity index (χ1v) is 5.82. The Bertz CT molecular complexity index is 309. The number of imide groups is 1. The quantitative estimate of drug-likeness (QED) is 0.597. The minimum absolute atomic E-state index is 0.208. The minimum atomic E-state index is -0.499. The summed E-state index contributed by atoms with van der Waals surface area (Å²) >= 11 is 4.85. The summed E-state index contributed by atoms with van der Waals surface area (Å²) < 4.78 is 0. The Hall–Kier alpha value is -1.21. The Kier molecular flexibility index (Phi) is 6.67. The van der Waals surface area contributed by atoms with E-state index in [0.29, 0.717) is 11.5 Å². The van der Waals surface area contributed by atoms with Crippen molar-refractivity contribution in [2.45, 2.75) is 32.9 Å². The van der Waals surface area contributed by atoms with Gasteiger partial charge in [-0.1, -0.05) is 12.2 Å². The van der Waals surface area contributed by atoms with Gasteiger partial charge in [0.2, 0.25) is 5.91 Å². The first-order chi connectivity index (χ1) is 7.81. The molecule has 0 fully saturated rings. The predicted molar refractivity (Wildman–Crippen MR) is 70.7 cm³/mol. The summed E-state index contributed by atoms with van der Waals surface area (Å²) in [5.74, 6) is -0.387. The van der Waals surface area contributed by atoms with Crippen LogP contribution in [0.25, 0.3) is 0 Å². The van der Waals surface area contributed by atoms with E-state index in [1.807, 2.05) is 0 Å². The highest BCUT2D eigenvalue weighted by molar-refractivity contribution is 7.80. The molecular weight excluding hydrogens is 240 g/mol. The maximum atomic E-state index is 11.7. The van der Waals surface area contributed by atoms with Crippen molar-refractivity contribution in [1.29, 1.82) is 0 Å². The van der Waals surface area contributed by atoms with Crippen molar-refractivity contribution >= 4 is 29.1 Å². The summed E-state index contributed by atoms with van der Waals surface area (Å²) in [4.78, 5) is 24.9. The molecule has 0 rings (SSSR count). The normalized spacial score (nSPS) is 13.9. The third kappa shape index (κ3) is 5.10. The number of carbonyl (C=O) groups is 2. The molecule has 0 aliphatic heterocycles. The molecule has 3 amide bonds. The monoisotopic (exact) mass is 260 g/mol. The molecule has 0 aliphatic carbocycles. The van der Waals surface area contributed by atoms with Gasteiger partial charge in [0, 0.05) is 6.54 Å². The molecule has 0 saturated carbocycles. The minimum Gasteiger partial charge on any atom is -0.392 e. The molecule has 2 unspecified atom stereocenters. The van der Waals surface area contributed by atoms with E-state index in [1.165, 1.54) is 0 Å². The molecule has 0 aromatic rings. The Labute approximate surface area is 107 Å². The third-order valence-electron chi connectivity index (χ3n) is 2.59. The van der Waals surface area contributed by atoms with Crippen LogP contribution in [-0.2, 0) is 4.79 Å². The third-order valence-corrected chi connectivity index (χ3v) is 2.93. The van der Waals surface area contributed by atoms with Gasteiger partial charge in [0.1, 0.15) is 0 Å². The van der Waals surface area contributed by atoms with Gasteiger partial charge in [-0.3, -0.25) is 15.0 Å². The average molecular weight is 260 g/mol. The lowest BCUT2D eigenvalue weighted by Gasteiger charge is -2.28. The number of nitrogens with one attached hydrogen (secondary N) is 2. The molecule has 0 aromatic heterocycles. The highest BCUT2D eigenvalue weighted by atomic mass is 32.1. The van der Waals surface area contributed by atoms with Crippen molar-refractivity contribution < 1.29 is 9.59 Å². The summed E-state index contributed by atoms with van der Waals surface area (Å²) in [6.45, 7) is 5.72. The topological polar surface area (TPSA) is 87.5 Å². The highest BCUT2D eigenvalue weighted by Gasteiger charge is 2.24. The lowest BCUT2D eigenvalue weighted by Crippen LogP contribution is -2.52. The van der Waals surface area contributed by atoms with Crippen LogP contribution in [0.4, 0.5) is 4.79 Å². The number of nitrogens with two attached hydrogens (primary N) is 1. The largest absolute Gasteiger partial charge is 0.392 e. The number of hydrogen-bond acceptors (Lipinski definition) is 4. The van der Waals surface area contributed by atoms with Crippen molar-refractivity contribution in [1.82, 2.24) is 15.5 Å². The van der Waals surface area contributed by atoms with E-state index in [9.17, 15) is 9.59 Å². The molecule has 0 bridgehead atoms. The number of thiocarbonyl (C=S) groups is 1. The number of carbonyl (C=O) groups excluding carboxylic acids is 2. The van der Waals surface area contributed by atoms with Crippen LogP contribution in [0.3, 0.4) is 0 Å². The molecule has 0 radical (unpaired) electrons. The molecule has 6 nitrogen and oxygen atoms in total. The molecule has 0 aromatic carbocycles. The van der Waals surface area contributed by atoms with E-state index in [1.54, 1.807) is 32.7 Å². The lowest BCUT2D eigenvalue weighted by atomic mass is 10.2. The van der Waals surface area contributed by atoms with E-state index in [2.05, 4.69) is 10.6 Å². The van der Waals surface area contributed by atoms with Crippen molar-refractivity contribution in [3.63, 3.8) is 0 Å². The van der Waals surface area contributed by atoms with Crippen LogP contribution in [0.1, 0.15) is 20.8 Å². The second-order valence-electron chi connectivity index (χ2n) is 3.77. The van der Waals surface area contributed by atoms with Crippen molar-refractivity contribution in [2.24, 2.45) is 5.73 Å². The van der Waals surface area contributed by atoms with Crippen LogP contribution in [0.2, 0.25) is 0 Å². The summed E-state index contributed by atoms with van der Waals surface area (Å²) in [6, 6.07) is -1.20. The van der Waals surface area contributed by atoms with Gasteiger partial charge in [-0.05, 0) is 27.8 Å². The molecule has 0 saturated heterocycles. The van der Waals surface area contributed by atoms with Crippen LogP contribution in [0.5, 0.6) is 0 Å². The maximum absolute atomic E-state index is 11.7. The van der Waals surface area contributed by atoms with Gasteiger partial charge < -0.3 is 11.1 Å². The predicted octanol–water partition coefficient (Wildman–Crippen LogP) is -0.173. The summed E-state index contributed by atoms with van der Waals surface area (Å²) in [5.41, 5.74) is 5.50. The first-order valence-electron chi connectivity index (χ1n) is 5.41. The molecule has 98 valence electrons. The Balaban J connectivity index is 4.39. The molecule has 2 atom stereocenters. The van der Waals surface area contributed by atoms with Gasteiger partial charge in [-0.15, -0.1) is 0 Å². The first kappa shape index (κ1) is 15.8. The van der Waals surface area contributed by atoms with Gasteiger partial charge in [0.15, 0.2) is 0 Å². The SMILES string of the molecule is CCNC(=O)NC(=O)C(C)N(C)C(C)C(N)=S. The summed E-state index contributed by atoms with van der Waals surface area (Å²) in [5, 5.41) is 4.72. The van der Waals surface area contributed by atoms with E-state index < -0.39 is 12.1 Å². The number of urea groups is 1. The smallest absolute Gasteiger partial charge is 0.321 e. The zero-order chi connectivity index (χ0) is 13.6. The number of rotatable bonds is 5. The van der Waals surface area contributed by atoms with Crippen LogP contribution in [0, 0.1) is 0 Å². The summed E-state index contributed by atoms with van der Waals surface area (Å²) in [7, 11) is 1.73. The zero-order valence-corrected chi connectivity index (χ0v) is 11.4. The molecule has 7 heteroatoms.